The van der Waals surface area contributed by atoms with Gasteiger partial charge in [-0.3, -0.25) is 4.79 Å². The molecule has 18 heavy (non-hydrogen) atoms. The van der Waals surface area contributed by atoms with Crippen molar-refractivity contribution in [3.05, 3.63) is 0 Å². The summed E-state index contributed by atoms with van der Waals surface area (Å²) in [6, 6.07) is 0. The van der Waals surface area contributed by atoms with Crippen LogP contribution in [0.2, 0.25) is 0 Å². The second-order valence-corrected chi connectivity index (χ2v) is 5.03. The van der Waals surface area contributed by atoms with Crippen LogP contribution < -0.4 is 11.1 Å². The summed E-state index contributed by atoms with van der Waals surface area (Å²) in [7, 11) is 0. The molecule has 0 unspecified atom stereocenters. The van der Waals surface area contributed by atoms with E-state index in [2.05, 4.69) is 5.32 Å². The third-order valence-electron chi connectivity index (χ3n) is 3.27. The lowest BCUT2D eigenvalue weighted by Crippen LogP contribution is -2.23. The maximum atomic E-state index is 11.0. The number of carbonyl (C=O) groups is 1. The minimum atomic E-state index is 0.174. The lowest BCUT2D eigenvalue weighted by Gasteiger charge is -2.04. The zero-order chi connectivity index (χ0) is 13.5. The van der Waals surface area contributed by atoms with E-state index in [9.17, 15) is 4.79 Å². The maximum Gasteiger partial charge on any atom is 0.219 e. The van der Waals surface area contributed by atoms with Crippen LogP contribution >= 0.6 is 0 Å². The number of rotatable bonds is 13. The molecule has 0 fully saturated rings. The number of unbranched alkanes of at least 4 members (excludes halogenated alkanes) is 9. The van der Waals surface area contributed by atoms with Crippen molar-refractivity contribution in [2.24, 2.45) is 5.73 Å². The maximum absolute atomic E-state index is 11.0. The van der Waals surface area contributed by atoms with Crippen molar-refractivity contribution in [1.82, 2.24) is 5.32 Å². The molecule has 0 atom stereocenters. The summed E-state index contributed by atoms with van der Waals surface area (Å²) in [6.45, 7) is 3.59. The van der Waals surface area contributed by atoms with Crippen LogP contribution in [0.1, 0.15) is 77.6 Å². The minimum absolute atomic E-state index is 0.174. The first-order valence-electron chi connectivity index (χ1n) is 7.78. The molecule has 0 heterocycles. The Balaban J connectivity index is 2.97. The molecule has 0 aliphatic heterocycles. The zero-order valence-corrected chi connectivity index (χ0v) is 12.2. The van der Waals surface area contributed by atoms with E-state index < -0.39 is 0 Å². The molecule has 0 radical (unpaired) electrons. The Kier molecular flexibility index (Phi) is 14.0. The second kappa shape index (κ2) is 14.5. The largest absolute Gasteiger partial charge is 0.356 e. The van der Waals surface area contributed by atoms with Gasteiger partial charge in [0.25, 0.3) is 0 Å². The molecule has 3 heteroatoms. The standard InChI is InChI=1S/C15H32N2O/c1-2-15(18)17-14-12-10-8-6-4-3-5-7-9-11-13-16/h2-14,16H2,1H3,(H,17,18). The molecule has 0 aromatic carbocycles. The van der Waals surface area contributed by atoms with Crippen LogP contribution in [0.4, 0.5) is 0 Å². The van der Waals surface area contributed by atoms with E-state index in [4.69, 9.17) is 5.73 Å². The van der Waals surface area contributed by atoms with E-state index in [-0.39, 0.29) is 5.91 Å². The van der Waals surface area contributed by atoms with Crippen molar-refractivity contribution in [2.45, 2.75) is 77.6 Å². The summed E-state index contributed by atoms with van der Waals surface area (Å²) in [5, 5.41) is 2.91. The van der Waals surface area contributed by atoms with E-state index in [0.717, 1.165) is 19.5 Å². The van der Waals surface area contributed by atoms with Crippen LogP contribution in [0.15, 0.2) is 0 Å². The topological polar surface area (TPSA) is 55.1 Å². The van der Waals surface area contributed by atoms with Gasteiger partial charge < -0.3 is 11.1 Å². The molecule has 0 aliphatic carbocycles. The Hall–Kier alpha value is -0.570. The molecule has 0 saturated carbocycles. The van der Waals surface area contributed by atoms with Gasteiger partial charge in [0.1, 0.15) is 0 Å². The average Bonchev–Trinajstić information content (AvgIpc) is 2.39. The van der Waals surface area contributed by atoms with Crippen LogP contribution in [-0.2, 0) is 4.79 Å². The summed E-state index contributed by atoms with van der Waals surface area (Å²) in [6.07, 6.45) is 13.6. The Morgan fingerprint density at radius 3 is 1.72 bits per heavy atom. The average molecular weight is 256 g/mol. The monoisotopic (exact) mass is 256 g/mol. The van der Waals surface area contributed by atoms with Crippen molar-refractivity contribution in [3.8, 4) is 0 Å². The van der Waals surface area contributed by atoms with E-state index in [1.54, 1.807) is 0 Å². The van der Waals surface area contributed by atoms with Gasteiger partial charge in [-0.2, -0.15) is 0 Å². The fourth-order valence-corrected chi connectivity index (χ4v) is 2.04. The normalized spacial score (nSPS) is 10.6. The van der Waals surface area contributed by atoms with Crippen LogP contribution in [0.5, 0.6) is 0 Å². The van der Waals surface area contributed by atoms with Gasteiger partial charge in [-0.05, 0) is 19.4 Å². The molecule has 108 valence electrons. The number of nitrogens with one attached hydrogen (secondary N) is 1. The van der Waals surface area contributed by atoms with Crippen molar-refractivity contribution in [1.29, 1.82) is 0 Å². The predicted molar refractivity (Wildman–Crippen MR) is 78.5 cm³/mol. The number of carbonyl (C=O) groups excluding carboxylic acids is 1. The first-order valence-corrected chi connectivity index (χ1v) is 7.78. The number of hydrogen-bond acceptors (Lipinski definition) is 2. The van der Waals surface area contributed by atoms with Crippen LogP contribution in [0.3, 0.4) is 0 Å². The Morgan fingerprint density at radius 1 is 0.833 bits per heavy atom. The molecule has 3 N–H and O–H groups in total. The van der Waals surface area contributed by atoms with Gasteiger partial charge in [0.15, 0.2) is 0 Å². The van der Waals surface area contributed by atoms with E-state index in [1.807, 2.05) is 6.92 Å². The van der Waals surface area contributed by atoms with Crippen LogP contribution in [0.25, 0.3) is 0 Å². The Labute approximate surface area is 113 Å². The Morgan fingerprint density at radius 2 is 1.28 bits per heavy atom. The molecule has 0 spiro atoms. The highest BCUT2D eigenvalue weighted by molar-refractivity contribution is 5.75. The Bertz CT molecular complexity index is 183. The van der Waals surface area contributed by atoms with E-state index in [0.29, 0.717) is 6.42 Å². The lowest BCUT2D eigenvalue weighted by molar-refractivity contribution is -0.120. The molecule has 0 bridgehead atoms. The number of nitrogens with two attached hydrogens (primary N) is 1. The summed E-state index contributed by atoms with van der Waals surface area (Å²) in [5.41, 5.74) is 5.45. The highest BCUT2D eigenvalue weighted by atomic mass is 16.1. The van der Waals surface area contributed by atoms with Gasteiger partial charge in [0.2, 0.25) is 5.91 Å². The molecule has 1 amide bonds. The molecule has 0 saturated heterocycles. The molecule has 0 rings (SSSR count). The first kappa shape index (κ1) is 17.4. The summed E-state index contributed by atoms with van der Waals surface area (Å²) in [4.78, 5) is 11.0. The third kappa shape index (κ3) is 13.5. The molecular weight excluding hydrogens is 224 g/mol. The van der Waals surface area contributed by atoms with E-state index >= 15 is 0 Å². The quantitative estimate of drug-likeness (QED) is 0.496. The van der Waals surface area contributed by atoms with Gasteiger partial charge in [0.05, 0.1) is 0 Å². The molecule has 0 aliphatic rings. The van der Waals surface area contributed by atoms with Gasteiger partial charge in [-0.25, -0.2) is 0 Å². The number of amides is 1. The summed E-state index contributed by atoms with van der Waals surface area (Å²) < 4.78 is 0. The first-order chi connectivity index (χ1) is 8.81. The minimum Gasteiger partial charge on any atom is -0.356 e. The second-order valence-electron chi connectivity index (χ2n) is 5.03. The smallest absolute Gasteiger partial charge is 0.219 e. The SMILES string of the molecule is CCC(=O)NCCCCCCCCCCCCN. The molecular formula is C15H32N2O. The fourth-order valence-electron chi connectivity index (χ4n) is 2.04. The van der Waals surface area contributed by atoms with Gasteiger partial charge in [-0.15, -0.1) is 0 Å². The highest BCUT2D eigenvalue weighted by Crippen LogP contribution is 2.10. The fraction of sp³-hybridized carbons (Fsp3) is 0.933. The molecule has 0 aromatic heterocycles. The van der Waals surface area contributed by atoms with Gasteiger partial charge in [-0.1, -0.05) is 58.3 Å². The van der Waals surface area contributed by atoms with Gasteiger partial charge >= 0.3 is 0 Å². The predicted octanol–water partition coefficient (Wildman–Crippen LogP) is 3.37. The van der Waals surface area contributed by atoms with Crippen molar-refractivity contribution in [3.63, 3.8) is 0 Å². The van der Waals surface area contributed by atoms with Crippen LogP contribution in [-0.4, -0.2) is 19.0 Å². The third-order valence-corrected chi connectivity index (χ3v) is 3.27. The summed E-state index contributed by atoms with van der Waals surface area (Å²) >= 11 is 0. The molecule has 3 nitrogen and oxygen atoms in total. The summed E-state index contributed by atoms with van der Waals surface area (Å²) in [5.74, 6) is 0.174. The van der Waals surface area contributed by atoms with Crippen LogP contribution in [0, 0.1) is 0 Å². The lowest BCUT2D eigenvalue weighted by atomic mass is 10.1. The highest BCUT2D eigenvalue weighted by Gasteiger charge is 1.95. The van der Waals surface area contributed by atoms with E-state index in [1.165, 1.54) is 57.8 Å². The van der Waals surface area contributed by atoms with Gasteiger partial charge in [0, 0.05) is 13.0 Å². The van der Waals surface area contributed by atoms with Crippen molar-refractivity contribution in [2.75, 3.05) is 13.1 Å². The van der Waals surface area contributed by atoms with Crippen molar-refractivity contribution < 1.29 is 4.79 Å². The number of hydrogen-bond donors (Lipinski definition) is 2. The van der Waals surface area contributed by atoms with Crippen molar-refractivity contribution >= 4 is 5.91 Å². The molecule has 0 aromatic rings. The zero-order valence-electron chi connectivity index (χ0n) is 12.2.